The Kier molecular flexibility index (Phi) is 68.6. The van der Waals surface area contributed by atoms with Crippen molar-refractivity contribution in [2.75, 3.05) is 13.2 Å². The highest BCUT2D eigenvalue weighted by Crippen LogP contribution is 2.18. The van der Waals surface area contributed by atoms with Crippen molar-refractivity contribution in [1.82, 2.24) is 0 Å². The predicted molar refractivity (Wildman–Crippen MR) is 358 cm³/mol. The lowest BCUT2D eigenvalue weighted by Gasteiger charge is -2.18. The van der Waals surface area contributed by atoms with Crippen LogP contribution in [0.1, 0.15) is 400 Å². The van der Waals surface area contributed by atoms with E-state index in [1.165, 1.54) is 289 Å². The van der Waals surface area contributed by atoms with Gasteiger partial charge in [-0.25, -0.2) is 0 Å². The molecule has 0 aromatic carbocycles. The van der Waals surface area contributed by atoms with E-state index >= 15 is 0 Å². The molecule has 0 aliphatic rings. The number of esters is 3. The van der Waals surface area contributed by atoms with Crippen LogP contribution >= 0.6 is 0 Å². The van der Waals surface area contributed by atoms with Crippen LogP contribution in [0.4, 0.5) is 0 Å². The lowest BCUT2D eigenvalue weighted by Crippen LogP contribution is -2.30. The fraction of sp³-hybridized carbons (Fsp3) is 0.855. The summed E-state index contributed by atoms with van der Waals surface area (Å²) in [7, 11) is 0. The number of unbranched alkanes of at least 4 members (excludes halogenated alkanes) is 49. The summed E-state index contributed by atoms with van der Waals surface area (Å²) in [5.41, 5.74) is 0. The van der Waals surface area contributed by atoms with Gasteiger partial charge in [0.2, 0.25) is 0 Å². The standard InChI is InChI=1S/C76H140O6/c1-4-7-10-13-16-19-22-24-26-28-30-32-33-34-35-36-37-38-39-40-41-42-43-45-46-48-50-52-54-57-60-63-66-69-75(78)81-72-73(71-80-74(77)68-65-62-59-56-21-18-15-12-9-6-3)82-76(79)70-67-64-61-58-55-53-51-49-47-44-31-29-27-25-23-20-17-14-11-8-5-2/h22-25,28-31,73H,4-21,26-27,32-72H2,1-3H3/b24-22-,25-23-,30-28-,31-29-. The van der Waals surface area contributed by atoms with Crippen LogP contribution in [0.15, 0.2) is 48.6 Å². The van der Waals surface area contributed by atoms with Crippen molar-refractivity contribution >= 4 is 17.9 Å². The second-order valence-corrected chi connectivity index (χ2v) is 24.9. The molecule has 0 heterocycles. The zero-order valence-corrected chi connectivity index (χ0v) is 55.3. The molecule has 0 bridgehead atoms. The third-order valence-electron chi connectivity index (χ3n) is 16.6. The molecule has 0 spiro atoms. The van der Waals surface area contributed by atoms with Crippen molar-refractivity contribution in [3.63, 3.8) is 0 Å². The van der Waals surface area contributed by atoms with E-state index in [-0.39, 0.29) is 31.1 Å². The second-order valence-electron chi connectivity index (χ2n) is 24.9. The van der Waals surface area contributed by atoms with Gasteiger partial charge >= 0.3 is 17.9 Å². The molecule has 0 saturated heterocycles. The Hall–Kier alpha value is -2.63. The van der Waals surface area contributed by atoms with E-state index in [0.717, 1.165) is 70.6 Å². The van der Waals surface area contributed by atoms with Gasteiger partial charge < -0.3 is 14.2 Å². The molecule has 0 saturated carbocycles. The van der Waals surface area contributed by atoms with Crippen LogP contribution in [-0.4, -0.2) is 37.2 Å². The first-order valence-electron chi connectivity index (χ1n) is 36.6. The summed E-state index contributed by atoms with van der Waals surface area (Å²) in [6.45, 7) is 6.67. The fourth-order valence-corrected chi connectivity index (χ4v) is 11.0. The summed E-state index contributed by atoms with van der Waals surface area (Å²) < 4.78 is 17.0. The fourth-order valence-electron chi connectivity index (χ4n) is 11.0. The Morgan fingerprint density at radius 1 is 0.244 bits per heavy atom. The van der Waals surface area contributed by atoms with Crippen LogP contribution in [0, 0.1) is 0 Å². The van der Waals surface area contributed by atoms with E-state index in [2.05, 4.69) is 69.4 Å². The van der Waals surface area contributed by atoms with Crippen molar-refractivity contribution in [2.24, 2.45) is 0 Å². The minimum absolute atomic E-state index is 0.0692. The van der Waals surface area contributed by atoms with Gasteiger partial charge in [-0.2, -0.15) is 0 Å². The summed E-state index contributed by atoms with van der Waals surface area (Å²) in [6.07, 6.45) is 90.2. The molecule has 0 aliphatic carbocycles. The molecular formula is C76H140O6. The van der Waals surface area contributed by atoms with E-state index in [1.807, 2.05) is 0 Å². The summed E-state index contributed by atoms with van der Waals surface area (Å²) >= 11 is 0. The van der Waals surface area contributed by atoms with Crippen molar-refractivity contribution in [3.05, 3.63) is 48.6 Å². The number of carbonyl (C=O) groups is 3. The lowest BCUT2D eigenvalue weighted by atomic mass is 10.0. The van der Waals surface area contributed by atoms with Gasteiger partial charge in [-0.15, -0.1) is 0 Å². The predicted octanol–water partition coefficient (Wildman–Crippen LogP) is 25.3. The molecule has 0 rings (SSSR count). The third-order valence-corrected chi connectivity index (χ3v) is 16.6. The molecular weight excluding hydrogens is 1010 g/mol. The monoisotopic (exact) mass is 1150 g/mol. The van der Waals surface area contributed by atoms with Gasteiger partial charge in [0, 0.05) is 19.3 Å². The minimum atomic E-state index is -0.772. The Bertz CT molecular complexity index is 1410. The van der Waals surface area contributed by atoms with E-state index in [1.54, 1.807) is 0 Å². The number of ether oxygens (including phenoxy) is 3. The second kappa shape index (κ2) is 70.9. The summed E-state index contributed by atoms with van der Waals surface area (Å²) in [5.74, 6) is -0.848. The van der Waals surface area contributed by atoms with E-state index in [4.69, 9.17) is 14.2 Å². The lowest BCUT2D eigenvalue weighted by molar-refractivity contribution is -0.167. The van der Waals surface area contributed by atoms with Crippen LogP contribution in [0.25, 0.3) is 0 Å². The third kappa shape index (κ3) is 68.2. The van der Waals surface area contributed by atoms with E-state index in [0.29, 0.717) is 19.3 Å². The Morgan fingerprint density at radius 3 is 0.671 bits per heavy atom. The first-order valence-corrected chi connectivity index (χ1v) is 36.6. The smallest absolute Gasteiger partial charge is 0.306 e. The first kappa shape index (κ1) is 79.4. The molecule has 0 fully saturated rings. The molecule has 480 valence electrons. The van der Waals surface area contributed by atoms with Crippen LogP contribution in [0.2, 0.25) is 0 Å². The van der Waals surface area contributed by atoms with Crippen molar-refractivity contribution in [2.45, 2.75) is 406 Å². The van der Waals surface area contributed by atoms with Gasteiger partial charge in [0.25, 0.3) is 0 Å². The SMILES string of the molecule is CCCCCCC/C=C\C/C=C\CCCCCCCCCCCCCCCCCCCCCCCC(=O)OCC(COC(=O)CCCCCCCCCCCC)OC(=O)CCCCCCCCCCC/C=C\C/C=C\CCCCCCC. The maximum absolute atomic E-state index is 12.9. The highest BCUT2D eigenvalue weighted by molar-refractivity contribution is 5.71. The number of carbonyl (C=O) groups excluding carboxylic acids is 3. The molecule has 1 unspecified atom stereocenters. The highest BCUT2D eigenvalue weighted by Gasteiger charge is 2.19. The zero-order chi connectivity index (χ0) is 59.2. The van der Waals surface area contributed by atoms with Gasteiger partial charge in [-0.1, -0.05) is 345 Å². The van der Waals surface area contributed by atoms with Gasteiger partial charge in [0.1, 0.15) is 13.2 Å². The highest BCUT2D eigenvalue weighted by atomic mass is 16.6. The Labute approximate surface area is 511 Å². The Morgan fingerprint density at radius 2 is 0.439 bits per heavy atom. The van der Waals surface area contributed by atoms with Crippen LogP contribution in [-0.2, 0) is 28.6 Å². The summed E-state index contributed by atoms with van der Waals surface area (Å²) in [5, 5.41) is 0. The Balaban J connectivity index is 4.08. The maximum atomic E-state index is 12.9. The summed E-state index contributed by atoms with van der Waals surface area (Å²) in [4.78, 5) is 38.3. The molecule has 0 aromatic heterocycles. The number of allylic oxidation sites excluding steroid dienone is 8. The van der Waals surface area contributed by atoms with Crippen molar-refractivity contribution < 1.29 is 28.6 Å². The van der Waals surface area contributed by atoms with E-state index in [9.17, 15) is 14.4 Å². The first-order chi connectivity index (χ1) is 40.5. The van der Waals surface area contributed by atoms with Gasteiger partial charge in [-0.05, 0) is 83.5 Å². The van der Waals surface area contributed by atoms with Crippen LogP contribution in [0.5, 0.6) is 0 Å². The topological polar surface area (TPSA) is 78.9 Å². The molecule has 1 atom stereocenters. The average molecular weight is 1150 g/mol. The zero-order valence-electron chi connectivity index (χ0n) is 55.3. The molecule has 0 aromatic rings. The van der Waals surface area contributed by atoms with Gasteiger partial charge in [-0.3, -0.25) is 14.4 Å². The number of rotatable bonds is 68. The maximum Gasteiger partial charge on any atom is 0.306 e. The molecule has 0 radical (unpaired) electrons. The molecule has 0 aliphatic heterocycles. The van der Waals surface area contributed by atoms with Crippen molar-refractivity contribution in [3.8, 4) is 0 Å². The molecule has 0 N–H and O–H groups in total. The van der Waals surface area contributed by atoms with E-state index < -0.39 is 6.10 Å². The van der Waals surface area contributed by atoms with Gasteiger partial charge in [0.15, 0.2) is 6.10 Å². The van der Waals surface area contributed by atoms with Crippen LogP contribution < -0.4 is 0 Å². The molecule has 6 nitrogen and oxygen atoms in total. The normalized spacial score (nSPS) is 12.3. The van der Waals surface area contributed by atoms with Crippen LogP contribution in [0.3, 0.4) is 0 Å². The largest absolute Gasteiger partial charge is 0.462 e. The quantitative estimate of drug-likeness (QED) is 0.0261. The molecule has 0 amide bonds. The number of hydrogen-bond acceptors (Lipinski definition) is 6. The summed E-state index contributed by atoms with van der Waals surface area (Å²) in [6, 6.07) is 0. The minimum Gasteiger partial charge on any atom is -0.462 e. The number of hydrogen-bond donors (Lipinski definition) is 0. The average Bonchev–Trinajstić information content (AvgIpc) is 3.48. The molecule has 82 heavy (non-hydrogen) atoms. The van der Waals surface area contributed by atoms with Crippen molar-refractivity contribution in [1.29, 1.82) is 0 Å². The van der Waals surface area contributed by atoms with Gasteiger partial charge in [0.05, 0.1) is 0 Å². The molecule has 6 heteroatoms.